The average molecular weight is 268 g/mol. The van der Waals surface area contributed by atoms with Gasteiger partial charge < -0.3 is 10.6 Å². The van der Waals surface area contributed by atoms with Gasteiger partial charge in [0.1, 0.15) is 0 Å². The number of nitrogens with one attached hydrogen (secondary N) is 2. The summed E-state index contributed by atoms with van der Waals surface area (Å²) in [6.07, 6.45) is 1.81. The van der Waals surface area contributed by atoms with Crippen molar-refractivity contribution in [3.63, 3.8) is 0 Å². The maximum absolute atomic E-state index is 13.0. The van der Waals surface area contributed by atoms with Crippen LogP contribution in [0.5, 0.6) is 0 Å². The van der Waals surface area contributed by atoms with E-state index in [1.807, 2.05) is 0 Å². The lowest BCUT2D eigenvalue weighted by Gasteiger charge is -2.10. The highest BCUT2D eigenvalue weighted by atomic mass is 19.2. The molecule has 2 N–H and O–H groups in total. The van der Waals surface area contributed by atoms with Crippen LogP contribution < -0.4 is 10.6 Å². The third-order valence-electron chi connectivity index (χ3n) is 3.38. The quantitative estimate of drug-likeness (QED) is 0.852. The van der Waals surface area contributed by atoms with Crippen LogP contribution in [-0.4, -0.2) is 25.5 Å². The molecule has 2 rings (SSSR count). The van der Waals surface area contributed by atoms with Crippen molar-refractivity contribution >= 4 is 5.91 Å². The van der Waals surface area contributed by atoms with Gasteiger partial charge in [0.2, 0.25) is 5.91 Å². The molecular formula is C14H18F2N2O. The van der Waals surface area contributed by atoms with Crippen molar-refractivity contribution in [2.75, 3.05) is 19.6 Å². The minimum absolute atomic E-state index is 0.0448. The third-order valence-corrected chi connectivity index (χ3v) is 3.38. The van der Waals surface area contributed by atoms with E-state index in [0.29, 0.717) is 30.9 Å². The van der Waals surface area contributed by atoms with E-state index >= 15 is 0 Å². The highest BCUT2D eigenvalue weighted by molar-refractivity contribution is 5.76. The van der Waals surface area contributed by atoms with Gasteiger partial charge in [0, 0.05) is 13.0 Å². The predicted molar refractivity (Wildman–Crippen MR) is 68.7 cm³/mol. The topological polar surface area (TPSA) is 41.1 Å². The molecule has 1 fully saturated rings. The van der Waals surface area contributed by atoms with E-state index in [0.717, 1.165) is 31.6 Å². The summed E-state index contributed by atoms with van der Waals surface area (Å²) >= 11 is 0. The van der Waals surface area contributed by atoms with Gasteiger partial charge in [0.05, 0.1) is 0 Å². The molecular weight excluding hydrogens is 250 g/mol. The largest absolute Gasteiger partial charge is 0.356 e. The molecule has 1 saturated heterocycles. The fraction of sp³-hybridized carbons (Fsp3) is 0.500. The molecule has 1 aliphatic heterocycles. The number of benzene rings is 1. The third kappa shape index (κ3) is 4.28. The summed E-state index contributed by atoms with van der Waals surface area (Å²) in [7, 11) is 0. The van der Waals surface area contributed by atoms with Crippen LogP contribution in [0.2, 0.25) is 0 Å². The Labute approximate surface area is 111 Å². The normalized spacial score (nSPS) is 18.5. The highest BCUT2D eigenvalue weighted by Crippen LogP contribution is 2.10. The minimum atomic E-state index is -0.866. The Morgan fingerprint density at radius 2 is 2.21 bits per heavy atom. The first-order valence-electron chi connectivity index (χ1n) is 6.56. The number of amides is 1. The fourth-order valence-electron chi connectivity index (χ4n) is 2.19. The summed E-state index contributed by atoms with van der Waals surface area (Å²) in [4.78, 5) is 11.6. The van der Waals surface area contributed by atoms with Crippen LogP contribution in [-0.2, 0) is 11.2 Å². The van der Waals surface area contributed by atoms with Gasteiger partial charge in [-0.15, -0.1) is 0 Å². The minimum Gasteiger partial charge on any atom is -0.356 e. The molecule has 1 heterocycles. The molecule has 0 radical (unpaired) electrons. The van der Waals surface area contributed by atoms with Crippen molar-refractivity contribution in [2.45, 2.75) is 19.3 Å². The van der Waals surface area contributed by atoms with Gasteiger partial charge in [-0.2, -0.15) is 0 Å². The van der Waals surface area contributed by atoms with Gasteiger partial charge >= 0.3 is 0 Å². The summed E-state index contributed by atoms with van der Waals surface area (Å²) in [6.45, 7) is 2.64. The van der Waals surface area contributed by atoms with Crippen LogP contribution >= 0.6 is 0 Å². The number of hydrogen-bond donors (Lipinski definition) is 2. The van der Waals surface area contributed by atoms with Crippen LogP contribution in [0.25, 0.3) is 0 Å². The van der Waals surface area contributed by atoms with Crippen LogP contribution in [0.3, 0.4) is 0 Å². The Balaban J connectivity index is 1.71. The zero-order valence-corrected chi connectivity index (χ0v) is 10.7. The zero-order valence-electron chi connectivity index (χ0n) is 10.7. The Hall–Kier alpha value is -1.49. The molecule has 19 heavy (non-hydrogen) atoms. The van der Waals surface area contributed by atoms with Gasteiger partial charge in [-0.05, 0) is 49.5 Å². The standard InChI is InChI=1S/C14H18F2N2O/c15-12-3-1-10(7-13(12)16)2-4-14(19)18-9-11-5-6-17-8-11/h1,3,7,11,17H,2,4-6,8-9H2,(H,18,19). The Bertz CT molecular complexity index is 445. The van der Waals surface area contributed by atoms with Crippen LogP contribution in [0.4, 0.5) is 8.78 Å². The van der Waals surface area contributed by atoms with Gasteiger partial charge in [-0.3, -0.25) is 4.79 Å². The van der Waals surface area contributed by atoms with Crippen molar-refractivity contribution in [1.29, 1.82) is 0 Å². The number of carbonyl (C=O) groups is 1. The van der Waals surface area contributed by atoms with E-state index in [-0.39, 0.29) is 5.91 Å². The number of carbonyl (C=O) groups excluding carboxylic acids is 1. The Morgan fingerprint density at radius 3 is 2.89 bits per heavy atom. The number of hydrogen-bond acceptors (Lipinski definition) is 2. The SMILES string of the molecule is O=C(CCc1ccc(F)c(F)c1)NCC1CCNC1. The second-order valence-corrected chi connectivity index (χ2v) is 4.91. The van der Waals surface area contributed by atoms with E-state index in [4.69, 9.17) is 0 Å². The van der Waals surface area contributed by atoms with Crippen LogP contribution in [0, 0.1) is 17.6 Å². The lowest BCUT2D eigenvalue weighted by Crippen LogP contribution is -2.30. The van der Waals surface area contributed by atoms with Gasteiger partial charge in [-0.25, -0.2) is 8.78 Å². The lowest BCUT2D eigenvalue weighted by atomic mass is 10.1. The molecule has 1 atom stereocenters. The first-order valence-corrected chi connectivity index (χ1v) is 6.56. The molecule has 1 aliphatic rings. The van der Waals surface area contributed by atoms with E-state index < -0.39 is 11.6 Å². The van der Waals surface area contributed by atoms with Gasteiger partial charge in [0.25, 0.3) is 0 Å². The monoisotopic (exact) mass is 268 g/mol. The molecule has 5 heteroatoms. The van der Waals surface area contributed by atoms with Crippen molar-refractivity contribution in [1.82, 2.24) is 10.6 Å². The van der Waals surface area contributed by atoms with E-state index in [9.17, 15) is 13.6 Å². The molecule has 0 aliphatic carbocycles. The molecule has 104 valence electrons. The number of halogens is 2. The molecule has 1 aromatic carbocycles. The van der Waals surface area contributed by atoms with E-state index in [1.54, 1.807) is 0 Å². The molecule has 0 bridgehead atoms. The van der Waals surface area contributed by atoms with E-state index in [2.05, 4.69) is 10.6 Å². The summed E-state index contributed by atoms with van der Waals surface area (Å²) in [5.74, 6) is -1.26. The van der Waals surface area contributed by atoms with Crippen molar-refractivity contribution in [2.24, 2.45) is 5.92 Å². The maximum atomic E-state index is 13.0. The second kappa shape index (κ2) is 6.61. The molecule has 1 amide bonds. The highest BCUT2D eigenvalue weighted by Gasteiger charge is 2.15. The lowest BCUT2D eigenvalue weighted by molar-refractivity contribution is -0.121. The van der Waals surface area contributed by atoms with Crippen LogP contribution in [0.1, 0.15) is 18.4 Å². The molecule has 0 saturated carbocycles. The summed E-state index contributed by atoms with van der Waals surface area (Å²) in [5.41, 5.74) is 0.636. The second-order valence-electron chi connectivity index (χ2n) is 4.91. The molecule has 0 aromatic heterocycles. The Morgan fingerprint density at radius 1 is 1.37 bits per heavy atom. The maximum Gasteiger partial charge on any atom is 0.220 e. The van der Waals surface area contributed by atoms with Gasteiger partial charge in [0.15, 0.2) is 11.6 Å². The van der Waals surface area contributed by atoms with Crippen LogP contribution in [0.15, 0.2) is 18.2 Å². The summed E-state index contributed by atoms with van der Waals surface area (Å²) in [6, 6.07) is 3.74. The predicted octanol–water partition coefficient (Wildman–Crippen LogP) is 1.62. The van der Waals surface area contributed by atoms with Gasteiger partial charge in [-0.1, -0.05) is 6.07 Å². The first-order chi connectivity index (χ1) is 9.15. The Kier molecular flexibility index (Phi) is 4.85. The molecule has 0 spiro atoms. The molecule has 1 aromatic rings. The fourth-order valence-corrected chi connectivity index (χ4v) is 2.19. The number of rotatable bonds is 5. The molecule has 1 unspecified atom stereocenters. The summed E-state index contributed by atoms with van der Waals surface area (Å²) in [5, 5.41) is 6.11. The summed E-state index contributed by atoms with van der Waals surface area (Å²) < 4.78 is 25.7. The smallest absolute Gasteiger partial charge is 0.220 e. The molecule has 3 nitrogen and oxygen atoms in total. The zero-order chi connectivity index (χ0) is 13.7. The first kappa shape index (κ1) is 13.9. The van der Waals surface area contributed by atoms with Crippen molar-refractivity contribution in [3.8, 4) is 0 Å². The van der Waals surface area contributed by atoms with Crippen molar-refractivity contribution < 1.29 is 13.6 Å². The average Bonchev–Trinajstić information content (AvgIpc) is 2.91. The van der Waals surface area contributed by atoms with Crippen molar-refractivity contribution in [3.05, 3.63) is 35.4 Å². The number of aryl methyl sites for hydroxylation is 1. The van der Waals surface area contributed by atoms with E-state index in [1.165, 1.54) is 6.07 Å².